The van der Waals surface area contributed by atoms with Gasteiger partial charge >= 0.3 is 5.97 Å². The van der Waals surface area contributed by atoms with Gasteiger partial charge in [0.1, 0.15) is 6.61 Å². The highest BCUT2D eigenvalue weighted by atomic mass is 16.5. The molecule has 4 N–H and O–H groups in total. The molecule has 1 atom stereocenters. The zero-order valence-corrected chi connectivity index (χ0v) is 11.1. The van der Waals surface area contributed by atoms with E-state index >= 15 is 0 Å². The number of ether oxygens (including phenoxy) is 1. The number of carbonyl (C=O) groups is 2. The van der Waals surface area contributed by atoms with Crippen LogP contribution in [0, 0.1) is 11.8 Å². The zero-order valence-electron chi connectivity index (χ0n) is 11.1. The van der Waals surface area contributed by atoms with Gasteiger partial charge in [-0.1, -0.05) is 13.8 Å². The Kier molecular flexibility index (Phi) is 9.22. The van der Waals surface area contributed by atoms with Crippen LogP contribution in [-0.2, 0) is 14.3 Å². The Morgan fingerprint density at radius 3 is 2.56 bits per heavy atom. The summed E-state index contributed by atoms with van der Waals surface area (Å²) in [7, 11) is 0. The second kappa shape index (κ2) is 9.85. The van der Waals surface area contributed by atoms with Crippen molar-refractivity contribution < 1.29 is 19.4 Å². The number of rotatable bonds is 10. The number of hydrogen-bond acceptors (Lipinski definition) is 4. The van der Waals surface area contributed by atoms with Crippen LogP contribution in [0.25, 0.3) is 0 Å². The summed E-state index contributed by atoms with van der Waals surface area (Å²) in [5.74, 6) is -0.711. The third-order valence-electron chi connectivity index (χ3n) is 2.35. The largest absolute Gasteiger partial charge is 0.481 e. The lowest BCUT2D eigenvalue weighted by atomic mass is 9.94. The molecule has 0 rings (SSSR count). The SMILES string of the molecule is CC(C)CC(CNC(=O)COCCN)CC(=O)O. The zero-order chi connectivity index (χ0) is 14.0. The van der Waals surface area contributed by atoms with Gasteiger partial charge in [-0.2, -0.15) is 0 Å². The summed E-state index contributed by atoms with van der Waals surface area (Å²) in [6.07, 6.45) is 0.846. The van der Waals surface area contributed by atoms with E-state index in [9.17, 15) is 9.59 Å². The second-order valence-electron chi connectivity index (χ2n) is 4.74. The molecule has 0 aromatic heterocycles. The van der Waals surface area contributed by atoms with E-state index < -0.39 is 5.97 Å². The highest BCUT2D eigenvalue weighted by Gasteiger charge is 2.15. The molecule has 0 spiro atoms. The summed E-state index contributed by atoms with van der Waals surface area (Å²) in [4.78, 5) is 22.1. The second-order valence-corrected chi connectivity index (χ2v) is 4.74. The van der Waals surface area contributed by atoms with Crippen LogP contribution in [0.2, 0.25) is 0 Å². The number of carboxylic acids is 1. The summed E-state index contributed by atoms with van der Waals surface area (Å²) in [6, 6.07) is 0. The number of aliphatic carboxylic acids is 1. The molecular weight excluding hydrogens is 236 g/mol. The van der Waals surface area contributed by atoms with Crippen LogP contribution in [-0.4, -0.2) is 43.3 Å². The minimum Gasteiger partial charge on any atom is -0.481 e. The Labute approximate surface area is 108 Å². The lowest BCUT2D eigenvalue weighted by Gasteiger charge is -2.17. The maximum Gasteiger partial charge on any atom is 0.303 e. The molecule has 18 heavy (non-hydrogen) atoms. The molecular formula is C12H24N2O4. The van der Waals surface area contributed by atoms with Crippen LogP contribution in [0.4, 0.5) is 0 Å². The van der Waals surface area contributed by atoms with Crippen molar-refractivity contribution in [2.45, 2.75) is 26.7 Å². The number of hydrogen-bond donors (Lipinski definition) is 3. The van der Waals surface area contributed by atoms with E-state index in [1.54, 1.807) is 0 Å². The van der Waals surface area contributed by atoms with Gasteiger partial charge in [-0.25, -0.2) is 0 Å². The minimum absolute atomic E-state index is 0.0291. The van der Waals surface area contributed by atoms with E-state index in [4.69, 9.17) is 15.6 Å². The Balaban J connectivity index is 3.93. The van der Waals surface area contributed by atoms with Crippen molar-refractivity contribution in [3.8, 4) is 0 Å². The van der Waals surface area contributed by atoms with Gasteiger partial charge in [0.25, 0.3) is 0 Å². The monoisotopic (exact) mass is 260 g/mol. The van der Waals surface area contributed by atoms with Crippen molar-refractivity contribution >= 4 is 11.9 Å². The molecule has 0 aromatic carbocycles. The van der Waals surface area contributed by atoms with Crippen molar-refractivity contribution in [2.24, 2.45) is 17.6 Å². The molecule has 0 radical (unpaired) electrons. The van der Waals surface area contributed by atoms with Gasteiger partial charge in [0.15, 0.2) is 0 Å². The van der Waals surface area contributed by atoms with Crippen LogP contribution < -0.4 is 11.1 Å². The lowest BCUT2D eigenvalue weighted by molar-refractivity contribution is -0.138. The average Bonchev–Trinajstić information content (AvgIpc) is 2.25. The van der Waals surface area contributed by atoms with E-state index in [1.807, 2.05) is 13.8 Å². The standard InChI is InChI=1S/C12H24N2O4/c1-9(2)5-10(6-12(16)17)7-14-11(15)8-18-4-3-13/h9-10H,3-8,13H2,1-2H3,(H,14,15)(H,16,17). The summed E-state index contributed by atoms with van der Waals surface area (Å²) < 4.78 is 4.99. The van der Waals surface area contributed by atoms with Crippen molar-refractivity contribution in [1.29, 1.82) is 0 Å². The van der Waals surface area contributed by atoms with E-state index in [-0.39, 0.29) is 24.9 Å². The molecule has 6 heteroatoms. The Bertz CT molecular complexity index is 256. The predicted molar refractivity (Wildman–Crippen MR) is 68.1 cm³/mol. The normalized spacial score (nSPS) is 12.4. The van der Waals surface area contributed by atoms with Gasteiger partial charge in [0, 0.05) is 19.5 Å². The number of nitrogens with one attached hydrogen (secondary N) is 1. The summed E-state index contributed by atoms with van der Waals surface area (Å²) in [5.41, 5.74) is 5.22. The fraction of sp³-hybridized carbons (Fsp3) is 0.833. The van der Waals surface area contributed by atoms with Crippen molar-refractivity contribution in [2.75, 3.05) is 26.3 Å². The molecule has 0 aliphatic rings. The first-order valence-corrected chi connectivity index (χ1v) is 6.22. The Hall–Kier alpha value is -1.14. The van der Waals surface area contributed by atoms with Crippen LogP contribution >= 0.6 is 0 Å². The number of amides is 1. The molecule has 0 aliphatic carbocycles. The third-order valence-corrected chi connectivity index (χ3v) is 2.35. The summed E-state index contributed by atoms with van der Waals surface area (Å²) in [6.45, 7) is 5.12. The molecule has 0 bridgehead atoms. The van der Waals surface area contributed by atoms with Crippen LogP contribution in [0.5, 0.6) is 0 Å². The van der Waals surface area contributed by atoms with Gasteiger partial charge < -0.3 is 20.9 Å². The molecule has 0 fully saturated rings. The Morgan fingerprint density at radius 2 is 2.06 bits per heavy atom. The average molecular weight is 260 g/mol. The predicted octanol–water partition coefficient (Wildman–Crippen LogP) is 0.215. The first kappa shape index (κ1) is 16.9. The summed E-state index contributed by atoms with van der Waals surface area (Å²) in [5, 5.41) is 11.5. The fourth-order valence-corrected chi connectivity index (χ4v) is 1.71. The molecule has 0 saturated heterocycles. The van der Waals surface area contributed by atoms with Gasteiger partial charge in [0.05, 0.1) is 6.61 Å². The van der Waals surface area contributed by atoms with E-state index in [0.717, 1.165) is 6.42 Å². The van der Waals surface area contributed by atoms with E-state index in [0.29, 0.717) is 25.6 Å². The number of carboxylic acid groups (broad SMARTS) is 1. The third kappa shape index (κ3) is 10.0. The number of carbonyl (C=O) groups excluding carboxylic acids is 1. The molecule has 0 saturated carbocycles. The lowest BCUT2D eigenvalue weighted by Crippen LogP contribution is -2.34. The van der Waals surface area contributed by atoms with Gasteiger partial charge in [-0.3, -0.25) is 9.59 Å². The van der Waals surface area contributed by atoms with Gasteiger partial charge in [0.2, 0.25) is 5.91 Å². The summed E-state index contributed by atoms with van der Waals surface area (Å²) >= 11 is 0. The molecule has 1 unspecified atom stereocenters. The van der Waals surface area contributed by atoms with E-state index in [1.165, 1.54) is 0 Å². The molecule has 0 heterocycles. The molecule has 106 valence electrons. The van der Waals surface area contributed by atoms with E-state index in [2.05, 4.69) is 5.32 Å². The maximum absolute atomic E-state index is 11.4. The molecule has 0 aromatic rings. The van der Waals surface area contributed by atoms with Crippen molar-refractivity contribution in [1.82, 2.24) is 5.32 Å². The highest BCUT2D eigenvalue weighted by Crippen LogP contribution is 2.14. The van der Waals surface area contributed by atoms with Gasteiger partial charge in [-0.05, 0) is 18.3 Å². The minimum atomic E-state index is -0.839. The molecule has 1 amide bonds. The fourth-order valence-electron chi connectivity index (χ4n) is 1.71. The maximum atomic E-state index is 11.4. The molecule has 0 aliphatic heterocycles. The quantitative estimate of drug-likeness (QED) is 0.487. The topological polar surface area (TPSA) is 102 Å². The smallest absolute Gasteiger partial charge is 0.303 e. The number of nitrogens with two attached hydrogens (primary N) is 1. The van der Waals surface area contributed by atoms with Gasteiger partial charge in [-0.15, -0.1) is 0 Å². The first-order valence-electron chi connectivity index (χ1n) is 6.22. The first-order chi connectivity index (χ1) is 8.45. The van der Waals surface area contributed by atoms with Crippen molar-refractivity contribution in [3.63, 3.8) is 0 Å². The van der Waals surface area contributed by atoms with Crippen molar-refractivity contribution in [3.05, 3.63) is 0 Å². The van der Waals surface area contributed by atoms with Crippen LogP contribution in [0.15, 0.2) is 0 Å². The van der Waals surface area contributed by atoms with Crippen LogP contribution in [0.1, 0.15) is 26.7 Å². The Morgan fingerprint density at radius 1 is 1.39 bits per heavy atom. The molecule has 6 nitrogen and oxygen atoms in total. The van der Waals surface area contributed by atoms with Crippen LogP contribution in [0.3, 0.4) is 0 Å². The highest BCUT2D eigenvalue weighted by molar-refractivity contribution is 5.77.